The van der Waals surface area contributed by atoms with Crippen LogP contribution in [0, 0.1) is 19.7 Å². The van der Waals surface area contributed by atoms with Crippen molar-refractivity contribution >= 4 is 16.8 Å². The van der Waals surface area contributed by atoms with Crippen molar-refractivity contribution in [3.05, 3.63) is 88.6 Å². The summed E-state index contributed by atoms with van der Waals surface area (Å²) >= 11 is 0. The molecule has 6 heteroatoms. The summed E-state index contributed by atoms with van der Waals surface area (Å²) in [5.74, 6) is -0.619. The Hall–Kier alpha value is -3.41. The predicted octanol–water partition coefficient (Wildman–Crippen LogP) is 4.10. The number of carbonyl (C=O) groups excluding carboxylic acids is 1. The number of aryl methyl sites for hydroxylation is 1. The van der Waals surface area contributed by atoms with Gasteiger partial charge in [-0.25, -0.2) is 4.39 Å². The van der Waals surface area contributed by atoms with E-state index in [0.717, 1.165) is 17.0 Å². The van der Waals surface area contributed by atoms with Gasteiger partial charge in [-0.05, 0) is 37.6 Å². The van der Waals surface area contributed by atoms with E-state index in [4.69, 9.17) is 0 Å². The van der Waals surface area contributed by atoms with E-state index in [2.05, 4.69) is 27.5 Å². The minimum atomic E-state index is -0.346. The maximum atomic E-state index is 13.8. The molecule has 2 aromatic heterocycles. The molecule has 4 rings (SSSR count). The van der Waals surface area contributed by atoms with Crippen LogP contribution in [0.5, 0.6) is 0 Å². The Bertz CT molecular complexity index is 1140. The van der Waals surface area contributed by atoms with Gasteiger partial charge in [-0.15, -0.1) is 0 Å². The zero-order valence-corrected chi connectivity index (χ0v) is 15.8. The summed E-state index contributed by atoms with van der Waals surface area (Å²) in [4.78, 5) is 15.5. The normalized spacial score (nSPS) is 11.1. The summed E-state index contributed by atoms with van der Waals surface area (Å²) in [6, 6.07) is 16.4. The van der Waals surface area contributed by atoms with Gasteiger partial charge in [0, 0.05) is 28.7 Å². The van der Waals surface area contributed by atoms with Crippen molar-refractivity contribution in [3.8, 4) is 0 Å². The molecular formula is C22H21FN4O. The predicted molar refractivity (Wildman–Crippen MR) is 107 cm³/mol. The highest BCUT2D eigenvalue weighted by atomic mass is 19.1. The van der Waals surface area contributed by atoms with Crippen LogP contribution in [0.3, 0.4) is 0 Å². The van der Waals surface area contributed by atoms with E-state index >= 15 is 0 Å². The van der Waals surface area contributed by atoms with Crippen molar-refractivity contribution in [2.75, 3.05) is 0 Å². The number of nitrogens with one attached hydrogen (secondary N) is 2. The highest BCUT2D eigenvalue weighted by Gasteiger charge is 2.15. The van der Waals surface area contributed by atoms with Crippen LogP contribution in [0.15, 0.2) is 54.6 Å². The summed E-state index contributed by atoms with van der Waals surface area (Å²) < 4.78 is 15.8. The van der Waals surface area contributed by atoms with Crippen molar-refractivity contribution in [1.29, 1.82) is 0 Å². The van der Waals surface area contributed by atoms with Gasteiger partial charge in [0.15, 0.2) is 0 Å². The summed E-state index contributed by atoms with van der Waals surface area (Å²) in [6.45, 7) is 4.99. The van der Waals surface area contributed by atoms with Gasteiger partial charge in [0.25, 0.3) is 5.91 Å². The molecule has 4 aromatic rings. The number of hydrogen-bond acceptors (Lipinski definition) is 2. The molecule has 142 valence electrons. The first-order valence-corrected chi connectivity index (χ1v) is 9.15. The lowest BCUT2D eigenvalue weighted by molar-refractivity contribution is 0.0946. The molecule has 0 saturated carbocycles. The topological polar surface area (TPSA) is 62.7 Å². The van der Waals surface area contributed by atoms with E-state index in [1.54, 1.807) is 18.2 Å². The molecular weight excluding hydrogens is 355 g/mol. The molecule has 0 saturated heterocycles. The lowest BCUT2D eigenvalue weighted by atomic mass is 10.2. The number of benzene rings is 2. The first kappa shape index (κ1) is 18.0. The van der Waals surface area contributed by atoms with Crippen molar-refractivity contribution in [1.82, 2.24) is 20.1 Å². The third-order valence-corrected chi connectivity index (χ3v) is 4.99. The first-order valence-electron chi connectivity index (χ1n) is 9.15. The average Bonchev–Trinajstić information content (AvgIpc) is 3.24. The van der Waals surface area contributed by atoms with Crippen LogP contribution in [-0.4, -0.2) is 20.7 Å². The molecule has 2 heterocycles. The van der Waals surface area contributed by atoms with Crippen molar-refractivity contribution < 1.29 is 9.18 Å². The van der Waals surface area contributed by atoms with Crippen LogP contribution < -0.4 is 5.32 Å². The third kappa shape index (κ3) is 3.41. The van der Waals surface area contributed by atoms with E-state index in [-0.39, 0.29) is 11.7 Å². The van der Waals surface area contributed by atoms with Crippen molar-refractivity contribution in [2.45, 2.75) is 26.9 Å². The Kier molecular flexibility index (Phi) is 4.69. The highest BCUT2D eigenvalue weighted by Crippen LogP contribution is 2.19. The number of H-pyrrole nitrogens is 1. The van der Waals surface area contributed by atoms with Crippen LogP contribution in [0.25, 0.3) is 10.9 Å². The van der Waals surface area contributed by atoms with Gasteiger partial charge in [-0.1, -0.05) is 36.4 Å². The number of rotatable bonds is 5. The lowest BCUT2D eigenvalue weighted by Crippen LogP contribution is -2.23. The summed E-state index contributed by atoms with van der Waals surface area (Å²) in [5.41, 5.74) is 5.01. The molecule has 2 aromatic carbocycles. The molecule has 0 bridgehead atoms. The van der Waals surface area contributed by atoms with Crippen molar-refractivity contribution in [3.63, 3.8) is 0 Å². The van der Waals surface area contributed by atoms with E-state index in [0.29, 0.717) is 29.7 Å². The number of halogens is 1. The molecule has 0 spiro atoms. The standard InChI is InChI=1S/C22H21FN4O/c1-14-18(15(2)27(26-14)13-16-7-4-3-5-8-16)12-24-22(28)21-11-17-19(23)9-6-10-20(17)25-21/h3-11,25H,12-13H2,1-2H3,(H,24,28). The fourth-order valence-electron chi connectivity index (χ4n) is 3.40. The number of aromatic amines is 1. The molecule has 0 radical (unpaired) electrons. The second kappa shape index (κ2) is 7.31. The molecule has 0 unspecified atom stereocenters. The number of carbonyl (C=O) groups is 1. The van der Waals surface area contributed by atoms with Crippen LogP contribution in [0.1, 0.15) is 33.0 Å². The van der Waals surface area contributed by atoms with Gasteiger partial charge in [0.05, 0.1) is 12.2 Å². The average molecular weight is 376 g/mol. The fourth-order valence-corrected chi connectivity index (χ4v) is 3.40. The van der Waals surface area contributed by atoms with Crippen LogP contribution in [0.2, 0.25) is 0 Å². The minimum absolute atomic E-state index is 0.273. The van der Waals surface area contributed by atoms with E-state index in [1.165, 1.54) is 11.6 Å². The maximum absolute atomic E-state index is 13.8. The number of fused-ring (bicyclic) bond motifs is 1. The van der Waals surface area contributed by atoms with E-state index in [1.807, 2.05) is 36.7 Å². The quantitative estimate of drug-likeness (QED) is 0.551. The monoisotopic (exact) mass is 376 g/mol. The SMILES string of the molecule is Cc1nn(Cc2ccccc2)c(C)c1CNC(=O)c1cc2c(F)cccc2[nH]1. The molecule has 1 amide bonds. The summed E-state index contributed by atoms with van der Waals surface area (Å²) in [5, 5.41) is 7.93. The Balaban J connectivity index is 1.49. The zero-order valence-electron chi connectivity index (χ0n) is 15.8. The Morgan fingerprint density at radius 1 is 1.14 bits per heavy atom. The van der Waals surface area contributed by atoms with Crippen LogP contribution in [0.4, 0.5) is 4.39 Å². The van der Waals surface area contributed by atoms with Gasteiger partial charge < -0.3 is 10.3 Å². The van der Waals surface area contributed by atoms with E-state index < -0.39 is 0 Å². The highest BCUT2D eigenvalue weighted by molar-refractivity contribution is 5.98. The Morgan fingerprint density at radius 2 is 1.93 bits per heavy atom. The van der Waals surface area contributed by atoms with Gasteiger partial charge in [0.1, 0.15) is 11.5 Å². The molecule has 2 N–H and O–H groups in total. The Labute approximate surface area is 162 Å². The lowest BCUT2D eigenvalue weighted by Gasteiger charge is -2.07. The van der Waals surface area contributed by atoms with Gasteiger partial charge in [-0.2, -0.15) is 5.10 Å². The van der Waals surface area contributed by atoms with Crippen LogP contribution >= 0.6 is 0 Å². The second-order valence-electron chi connectivity index (χ2n) is 6.86. The molecule has 0 aliphatic carbocycles. The molecule has 28 heavy (non-hydrogen) atoms. The van der Waals surface area contributed by atoms with Crippen LogP contribution in [-0.2, 0) is 13.1 Å². The van der Waals surface area contributed by atoms with Crippen molar-refractivity contribution in [2.24, 2.45) is 0 Å². The first-order chi connectivity index (χ1) is 13.5. The molecule has 0 aliphatic rings. The smallest absolute Gasteiger partial charge is 0.268 e. The van der Waals surface area contributed by atoms with Gasteiger partial charge in [-0.3, -0.25) is 9.48 Å². The maximum Gasteiger partial charge on any atom is 0.268 e. The fraction of sp³-hybridized carbons (Fsp3) is 0.182. The van der Waals surface area contributed by atoms with Gasteiger partial charge in [0.2, 0.25) is 0 Å². The van der Waals surface area contributed by atoms with Gasteiger partial charge >= 0.3 is 0 Å². The zero-order chi connectivity index (χ0) is 19.7. The van der Waals surface area contributed by atoms with E-state index in [9.17, 15) is 9.18 Å². The minimum Gasteiger partial charge on any atom is -0.350 e. The molecule has 0 atom stereocenters. The second-order valence-corrected chi connectivity index (χ2v) is 6.86. The number of aromatic nitrogens is 3. The largest absolute Gasteiger partial charge is 0.350 e. The number of amides is 1. The molecule has 5 nitrogen and oxygen atoms in total. The summed E-state index contributed by atoms with van der Waals surface area (Å²) in [6.07, 6.45) is 0. The summed E-state index contributed by atoms with van der Waals surface area (Å²) in [7, 11) is 0. The third-order valence-electron chi connectivity index (χ3n) is 4.99. The number of nitrogens with zero attached hydrogens (tertiary/aromatic N) is 2. The molecule has 0 fully saturated rings. The number of hydrogen-bond donors (Lipinski definition) is 2. The molecule has 0 aliphatic heterocycles. The Morgan fingerprint density at radius 3 is 2.68 bits per heavy atom.